The molecule has 1 aliphatic rings. The molecule has 6 nitrogen and oxygen atoms in total. The van der Waals surface area contributed by atoms with E-state index >= 15 is 0 Å². The Morgan fingerprint density at radius 1 is 1.08 bits per heavy atom. The number of benzene rings is 3. The van der Waals surface area contributed by atoms with Gasteiger partial charge in [-0.2, -0.15) is 0 Å². The number of hydrogen-bond donors (Lipinski definition) is 1. The molecule has 0 aliphatic carbocycles. The van der Waals surface area contributed by atoms with Crippen LogP contribution in [0.4, 0.5) is 9.52 Å². The summed E-state index contributed by atoms with van der Waals surface area (Å²) < 4.78 is 20.1. The first-order valence-electron chi connectivity index (χ1n) is 12.2. The molecule has 2 heterocycles. The zero-order valence-electron chi connectivity index (χ0n) is 20.5. The van der Waals surface area contributed by atoms with Gasteiger partial charge in [-0.1, -0.05) is 54.8 Å². The van der Waals surface area contributed by atoms with Crippen LogP contribution in [0.25, 0.3) is 16.0 Å². The number of halogens is 2. The van der Waals surface area contributed by atoms with E-state index in [0.29, 0.717) is 33.6 Å². The Hall–Kier alpha value is -3.75. The summed E-state index contributed by atoms with van der Waals surface area (Å²) in [5.41, 5.74) is 1.34. The number of aliphatic hydroxyl groups excluding tert-OH is 1. The number of rotatable bonds is 8. The van der Waals surface area contributed by atoms with Crippen molar-refractivity contribution in [2.24, 2.45) is 0 Å². The maximum atomic E-state index is 13.5. The van der Waals surface area contributed by atoms with Gasteiger partial charge in [0.1, 0.15) is 17.3 Å². The highest BCUT2D eigenvalue weighted by atomic mass is 35.5. The number of unbranched alkanes of at least 4 members (excludes halogenated alkanes) is 2. The fourth-order valence-corrected chi connectivity index (χ4v) is 5.65. The summed E-state index contributed by atoms with van der Waals surface area (Å²) in [5.74, 6) is -1.88. The quantitative estimate of drug-likeness (QED) is 0.108. The number of ketones is 1. The highest BCUT2D eigenvalue weighted by Crippen LogP contribution is 2.44. The summed E-state index contributed by atoms with van der Waals surface area (Å²) in [5, 5.41) is 12.0. The lowest BCUT2D eigenvalue weighted by Gasteiger charge is -2.23. The van der Waals surface area contributed by atoms with Crippen LogP contribution in [0.15, 0.2) is 72.3 Å². The Bertz CT molecular complexity index is 1530. The molecular formula is C29H24ClFN2O4S. The second kappa shape index (κ2) is 10.9. The lowest BCUT2D eigenvalue weighted by atomic mass is 9.95. The Kier molecular flexibility index (Phi) is 7.44. The average molecular weight is 551 g/mol. The van der Waals surface area contributed by atoms with Crippen molar-refractivity contribution in [1.29, 1.82) is 0 Å². The van der Waals surface area contributed by atoms with E-state index in [-0.39, 0.29) is 16.9 Å². The van der Waals surface area contributed by atoms with Gasteiger partial charge in [0.15, 0.2) is 5.13 Å². The average Bonchev–Trinajstić information content (AvgIpc) is 3.44. The van der Waals surface area contributed by atoms with Gasteiger partial charge in [-0.15, -0.1) is 0 Å². The molecule has 0 bridgehead atoms. The normalized spacial score (nSPS) is 16.9. The number of ether oxygens (including phenoxy) is 1. The van der Waals surface area contributed by atoms with Gasteiger partial charge in [0, 0.05) is 10.6 Å². The Morgan fingerprint density at radius 2 is 1.82 bits per heavy atom. The molecule has 1 atom stereocenters. The van der Waals surface area contributed by atoms with Crippen molar-refractivity contribution in [3.8, 4) is 5.75 Å². The highest BCUT2D eigenvalue weighted by Gasteiger charge is 2.48. The monoisotopic (exact) mass is 550 g/mol. The molecule has 0 spiro atoms. The SMILES string of the molecule is CCCCCOc1ccc(C2/C(=C(\O)c3ccc(F)cc3)C(=O)C(=O)N2c2nc3ccc(Cl)cc3s2)cc1. The van der Waals surface area contributed by atoms with Crippen LogP contribution in [0, 0.1) is 5.82 Å². The Balaban J connectivity index is 1.60. The van der Waals surface area contributed by atoms with E-state index in [4.69, 9.17) is 16.3 Å². The number of anilines is 1. The largest absolute Gasteiger partial charge is 0.507 e. The molecule has 1 fully saturated rings. The van der Waals surface area contributed by atoms with Gasteiger partial charge in [0.2, 0.25) is 0 Å². The summed E-state index contributed by atoms with van der Waals surface area (Å²) in [6, 6.07) is 16.4. The number of thiazole rings is 1. The zero-order chi connectivity index (χ0) is 26.8. The fraction of sp³-hybridized carbons (Fsp3) is 0.207. The smallest absolute Gasteiger partial charge is 0.301 e. The molecule has 9 heteroatoms. The number of nitrogens with zero attached hydrogens (tertiary/aromatic N) is 2. The number of aliphatic hydroxyl groups is 1. The summed E-state index contributed by atoms with van der Waals surface area (Å²) in [7, 11) is 0. The lowest BCUT2D eigenvalue weighted by Crippen LogP contribution is -2.29. The molecular weight excluding hydrogens is 527 g/mol. The standard InChI is InChI=1S/C29H24ClFN2O4S/c1-2-3-4-15-37-21-12-7-17(8-13-21)25-24(26(34)18-5-10-20(31)11-6-18)27(35)28(36)33(25)29-32-22-14-9-19(30)16-23(22)38-29/h5-14,16,25,34H,2-4,15H2,1H3/b26-24+. The van der Waals surface area contributed by atoms with Crippen LogP contribution in [0.2, 0.25) is 5.02 Å². The number of carbonyl (C=O) groups excluding carboxylic acids is 2. The van der Waals surface area contributed by atoms with Crippen LogP contribution in [-0.2, 0) is 9.59 Å². The Morgan fingerprint density at radius 3 is 2.53 bits per heavy atom. The van der Waals surface area contributed by atoms with E-state index in [0.717, 1.165) is 24.0 Å². The van der Waals surface area contributed by atoms with E-state index in [9.17, 15) is 19.1 Å². The van der Waals surface area contributed by atoms with E-state index in [2.05, 4.69) is 11.9 Å². The van der Waals surface area contributed by atoms with Crippen LogP contribution < -0.4 is 9.64 Å². The van der Waals surface area contributed by atoms with Crippen LogP contribution >= 0.6 is 22.9 Å². The molecule has 1 amide bonds. The predicted molar refractivity (Wildman–Crippen MR) is 147 cm³/mol. The van der Waals surface area contributed by atoms with Crippen molar-refractivity contribution >= 4 is 55.7 Å². The molecule has 4 aromatic rings. The van der Waals surface area contributed by atoms with E-state index in [1.165, 1.54) is 40.5 Å². The van der Waals surface area contributed by atoms with Gasteiger partial charge in [-0.05, 0) is 66.6 Å². The maximum absolute atomic E-state index is 13.5. The van der Waals surface area contributed by atoms with Crippen LogP contribution in [0.5, 0.6) is 5.75 Å². The van der Waals surface area contributed by atoms with Gasteiger partial charge in [-0.3, -0.25) is 14.5 Å². The first-order valence-corrected chi connectivity index (χ1v) is 13.4. The lowest BCUT2D eigenvalue weighted by molar-refractivity contribution is -0.132. The highest BCUT2D eigenvalue weighted by molar-refractivity contribution is 7.22. The summed E-state index contributed by atoms with van der Waals surface area (Å²) >= 11 is 7.36. The fourth-order valence-electron chi connectivity index (χ4n) is 4.39. The molecule has 194 valence electrons. The van der Waals surface area contributed by atoms with Gasteiger partial charge in [0.05, 0.1) is 28.4 Å². The van der Waals surface area contributed by atoms with Gasteiger partial charge < -0.3 is 9.84 Å². The second-order valence-electron chi connectivity index (χ2n) is 8.91. The second-order valence-corrected chi connectivity index (χ2v) is 10.4. The van der Waals surface area contributed by atoms with Crippen molar-refractivity contribution in [3.63, 3.8) is 0 Å². The van der Waals surface area contributed by atoms with E-state index < -0.39 is 23.5 Å². The van der Waals surface area contributed by atoms with Crippen molar-refractivity contribution in [2.75, 3.05) is 11.5 Å². The molecule has 3 aromatic carbocycles. The summed E-state index contributed by atoms with van der Waals surface area (Å²) in [6.07, 6.45) is 3.10. The first kappa shape index (κ1) is 25.9. The number of aromatic nitrogens is 1. The minimum Gasteiger partial charge on any atom is -0.507 e. The zero-order valence-corrected chi connectivity index (χ0v) is 22.1. The van der Waals surface area contributed by atoms with E-state index in [1.54, 1.807) is 42.5 Å². The molecule has 1 saturated heterocycles. The number of carbonyl (C=O) groups is 2. The molecule has 1 aromatic heterocycles. The topological polar surface area (TPSA) is 79.7 Å². The molecule has 0 radical (unpaired) electrons. The van der Waals surface area contributed by atoms with E-state index in [1.807, 2.05) is 0 Å². The molecule has 38 heavy (non-hydrogen) atoms. The van der Waals surface area contributed by atoms with Crippen LogP contribution in [0.1, 0.15) is 43.4 Å². The maximum Gasteiger partial charge on any atom is 0.301 e. The number of amides is 1. The third kappa shape index (κ3) is 5.01. The molecule has 1 N–H and O–H groups in total. The third-order valence-electron chi connectivity index (χ3n) is 6.32. The van der Waals surface area contributed by atoms with Crippen molar-refractivity contribution in [2.45, 2.75) is 32.2 Å². The number of fused-ring (bicyclic) bond motifs is 1. The van der Waals surface area contributed by atoms with Crippen molar-refractivity contribution < 1.29 is 23.8 Å². The van der Waals surface area contributed by atoms with Gasteiger partial charge in [0.25, 0.3) is 5.78 Å². The van der Waals surface area contributed by atoms with Crippen molar-refractivity contribution in [3.05, 3.63) is 94.3 Å². The van der Waals surface area contributed by atoms with Crippen LogP contribution in [0.3, 0.4) is 0 Å². The molecule has 1 aliphatic heterocycles. The third-order valence-corrected chi connectivity index (χ3v) is 7.57. The molecule has 5 rings (SSSR count). The van der Waals surface area contributed by atoms with Crippen molar-refractivity contribution in [1.82, 2.24) is 4.98 Å². The number of Topliss-reactive ketones (excluding diaryl/α,β-unsaturated/α-hetero) is 1. The van der Waals surface area contributed by atoms with Gasteiger partial charge >= 0.3 is 5.91 Å². The Labute approximate surface area is 228 Å². The molecule has 1 unspecified atom stereocenters. The summed E-state index contributed by atoms with van der Waals surface area (Å²) in [4.78, 5) is 32.6. The summed E-state index contributed by atoms with van der Waals surface area (Å²) in [6.45, 7) is 2.71. The number of hydrogen-bond acceptors (Lipinski definition) is 6. The van der Waals surface area contributed by atoms with Gasteiger partial charge in [-0.25, -0.2) is 9.37 Å². The predicted octanol–water partition coefficient (Wildman–Crippen LogP) is 7.28. The van der Waals surface area contributed by atoms with Crippen LogP contribution in [-0.4, -0.2) is 28.4 Å². The first-order chi connectivity index (χ1) is 18.4. The minimum atomic E-state index is -0.953. The minimum absolute atomic E-state index is 0.101. The molecule has 0 saturated carbocycles.